The monoisotopic (exact) mass is 272 g/mol. The molecule has 3 nitrogen and oxygen atoms in total. The van der Waals surface area contributed by atoms with Crippen LogP contribution in [-0.2, 0) is 12.3 Å². The van der Waals surface area contributed by atoms with Gasteiger partial charge >= 0.3 is 0 Å². The third-order valence-electron chi connectivity index (χ3n) is 2.68. The number of carbonyl (C=O) groups excluding carboxylic acids is 1. The maximum Gasteiger partial charge on any atom is 0.251 e. The van der Waals surface area contributed by atoms with Crippen molar-refractivity contribution in [1.82, 2.24) is 10.3 Å². The van der Waals surface area contributed by atoms with Crippen LogP contribution >= 0.6 is 11.8 Å². The molecule has 0 saturated carbocycles. The van der Waals surface area contributed by atoms with Crippen LogP contribution in [0.1, 0.15) is 21.5 Å². The molecule has 2 aromatic rings. The number of amides is 1. The highest BCUT2D eigenvalue weighted by Gasteiger charge is 2.05. The lowest BCUT2D eigenvalue weighted by Crippen LogP contribution is -2.22. The van der Waals surface area contributed by atoms with Gasteiger partial charge in [-0.05, 0) is 35.6 Å². The summed E-state index contributed by atoms with van der Waals surface area (Å²) in [5.74, 6) is 0.871. The van der Waals surface area contributed by atoms with Crippen LogP contribution in [0.15, 0.2) is 48.8 Å². The van der Waals surface area contributed by atoms with E-state index in [0.29, 0.717) is 12.1 Å². The number of benzene rings is 1. The van der Waals surface area contributed by atoms with E-state index in [1.165, 1.54) is 5.56 Å². The second-order valence-corrected chi connectivity index (χ2v) is 5.04. The first-order chi connectivity index (χ1) is 9.29. The molecule has 98 valence electrons. The molecule has 0 unspecified atom stereocenters. The minimum Gasteiger partial charge on any atom is -0.348 e. The number of hydrogen-bond donors (Lipinski definition) is 1. The molecule has 0 aliphatic rings. The first kappa shape index (κ1) is 13.6. The predicted molar refractivity (Wildman–Crippen MR) is 79.1 cm³/mol. The third kappa shape index (κ3) is 4.10. The highest BCUT2D eigenvalue weighted by molar-refractivity contribution is 7.97. The van der Waals surface area contributed by atoms with Crippen LogP contribution in [0.5, 0.6) is 0 Å². The zero-order chi connectivity index (χ0) is 13.5. The van der Waals surface area contributed by atoms with Crippen molar-refractivity contribution in [3.63, 3.8) is 0 Å². The summed E-state index contributed by atoms with van der Waals surface area (Å²) in [5.41, 5.74) is 2.87. The molecule has 1 amide bonds. The zero-order valence-corrected chi connectivity index (χ0v) is 11.6. The van der Waals surface area contributed by atoms with Crippen LogP contribution in [-0.4, -0.2) is 17.1 Å². The first-order valence-electron chi connectivity index (χ1n) is 6.04. The van der Waals surface area contributed by atoms with E-state index in [1.807, 2.05) is 36.4 Å². The van der Waals surface area contributed by atoms with E-state index in [-0.39, 0.29) is 5.91 Å². The Kier molecular flexibility index (Phi) is 4.98. The number of pyridine rings is 1. The topological polar surface area (TPSA) is 42.0 Å². The van der Waals surface area contributed by atoms with Gasteiger partial charge in [-0.15, -0.1) is 0 Å². The van der Waals surface area contributed by atoms with Crippen molar-refractivity contribution >= 4 is 17.7 Å². The molecule has 1 aromatic heterocycles. The van der Waals surface area contributed by atoms with Gasteiger partial charge in [0, 0.05) is 30.3 Å². The van der Waals surface area contributed by atoms with E-state index in [1.54, 1.807) is 24.2 Å². The average molecular weight is 272 g/mol. The van der Waals surface area contributed by atoms with E-state index in [0.717, 1.165) is 11.3 Å². The number of aromatic nitrogens is 1. The second-order valence-electron chi connectivity index (χ2n) is 4.18. The smallest absolute Gasteiger partial charge is 0.251 e. The number of rotatable bonds is 5. The molecular formula is C15H16N2OS. The van der Waals surface area contributed by atoms with Crippen LogP contribution < -0.4 is 5.32 Å². The van der Waals surface area contributed by atoms with E-state index >= 15 is 0 Å². The summed E-state index contributed by atoms with van der Waals surface area (Å²) in [6.45, 7) is 0.499. The molecule has 19 heavy (non-hydrogen) atoms. The minimum absolute atomic E-state index is 0.0493. The summed E-state index contributed by atoms with van der Waals surface area (Å²) in [6, 6.07) is 11.5. The Hall–Kier alpha value is -1.81. The maximum absolute atomic E-state index is 12.0. The molecule has 0 atom stereocenters. The highest BCUT2D eigenvalue weighted by Crippen LogP contribution is 2.11. The van der Waals surface area contributed by atoms with Gasteiger partial charge in [-0.25, -0.2) is 0 Å². The Balaban J connectivity index is 1.98. The largest absolute Gasteiger partial charge is 0.348 e. The van der Waals surface area contributed by atoms with Gasteiger partial charge in [0.05, 0.1) is 0 Å². The standard InChI is InChI=1S/C15H16N2OS/c1-19-11-12-4-2-6-14(8-12)15(18)17-10-13-5-3-7-16-9-13/h2-9H,10-11H2,1H3,(H,17,18). The van der Waals surface area contributed by atoms with Crippen LogP contribution in [0.4, 0.5) is 0 Å². The fourth-order valence-electron chi connectivity index (χ4n) is 1.76. The van der Waals surface area contributed by atoms with Gasteiger partial charge < -0.3 is 5.32 Å². The molecule has 0 fully saturated rings. The van der Waals surface area contributed by atoms with Crippen molar-refractivity contribution < 1.29 is 4.79 Å². The van der Waals surface area contributed by atoms with Gasteiger partial charge in [-0.1, -0.05) is 18.2 Å². The quantitative estimate of drug-likeness (QED) is 0.910. The fraction of sp³-hybridized carbons (Fsp3) is 0.200. The summed E-state index contributed by atoms with van der Waals surface area (Å²) < 4.78 is 0. The van der Waals surface area contributed by atoms with Crippen LogP contribution in [0.25, 0.3) is 0 Å². The SMILES string of the molecule is CSCc1cccc(C(=O)NCc2cccnc2)c1. The van der Waals surface area contributed by atoms with Crippen LogP contribution in [0, 0.1) is 0 Å². The molecule has 4 heteroatoms. The summed E-state index contributed by atoms with van der Waals surface area (Å²) in [5, 5.41) is 2.90. The molecule has 0 spiro atoms. The second kappa shape index (κ2) is 6.95. The van der Waals surface area contributed by atoms with Crippen molar-refractivity contribution in [2.75, 3.05) is 6.26 Å². The summed E-state index contributed by atoms with van der Waals surface area (Å²) >= 11 is 1.75. The predicted octanol–water partition coefficient (Wildman–Crippen LogP) is 2.87. The minimum atomic E-state index is -0.0493. The van der Waals surface area contributed by atoms with Gasteiger partial charge in [-0.2, -0.15) is 11.8 Å². The Morgan fingerprint density at radius 2 is 2.11 bits per heavy atom. The van der Waals surface area contributed by atoms with E-state index < -0.39 is 0 Å². The Morgan fingerprint density at radius 3 is 2.84 bits per heavy atom. The summed E-state index contributed by atoms with van der Waals surface area (Å²) in [6.07, 6.45) is 5.52. The number of nitrogens with one attached hydrogen (secondary N) is 1. The normalized spacial score (nSPS) is 10.2. The van der Waals surface area contributed by atoms with E-state index in [2.05, 4.69) is 16.6 Å². The fourth-order valence-corrected chi connectivity index (χ4v) is 2.27. The van der Waals surface area contributed by atoms with Crippen LogP contribution in [0.2, 0.25) is 0 Å². The molecule has 0 aliphatic heterocycles. The zero-order valence-electron chi connectivity index (χ0n) is 10.8. The molecule has 2 rings (SSSR count). The number of nitrogens with zero attached hydrogens (tertiary/aromatic N) is 1. The number of hydrogen-bond acceptors (Lipinski definition) is 3. The lowest BCUT2D eigenvalue weighted by molar-refractivity contribution is 0.0951. The third-order valence-corrected chi connectivity index (χ3v) is 3.30. The van der Waals surface area contributed by atoms with Crippen molar-refractivity contribution in [2.45, 2.75) is 12.3 Å². The molecule has 0 bridgehead atoms. The Labute approximate surface area is 117 Å². The van der Waals surface area contributed by atoms with Gasteiger partial charge in [-0.3, -0.25) is 9.78 Å². The molecule has 1 N–H and O–H groups in total. The van der Waals surface area contributed by atoms with Crippen molar-refractivity contribution in [1.29, 1.82) is 0 Å². The van der Waals surface area contributed by atoms with Crippen molar-refractivity contribution in [3.05, 3.63) is 65.5 Å². The lowest BCUT2D eigenvalue weighted by Gasteiger charge is -2.06. The molecule has 1 heterocycles. The molecular weight excluding hydrogens is 256 g/mol. The lowest BCUT2D eigenvalue weighted by atomic mass is 10.1. The molecule has 0 radical (unpaired) electrons. The van der Waals surface area contributed by atoms with Gasteiger partial charge in [0.25, 0.3) is 5.91 Å². The summed E-state index contributed by atoms with van der Waals surface area (Å²) in [7, 11) is 0. The van der Waals surface area contributed by atoms with E-state index in [9.17, 15) is 4.79 Å². The van der Waals surface area contributed by atoms with Crippen molar-refractivity contribution in [3.8, 4) is 0 Å². The van der Waals surface area contributed by atoms with Crippen molar-refractivity contribution in [2.24, 2.45) is 0 Å². The van der Waals surface area contributed by atoms with Gasteiger partial charge in [0.1, 0.15) is 0 Å². The Morgan fingerprint density at radius 1 is 1.26 bits per heavy atom. The van der Waals surface area contributed by atoms with Crippen LogP contribution in [0.3, 0.4) is 0 Å². The van der Waals surface area contributed by atoms with E-state index in [4.69, 9.17) is 0 Å². The van der Waals surface area contributed by atoms with Gasteiger partial charge in [0.15, 0.2) is 0 Å². The summed E-state index contributed by atoms with van der Waals surface area (Å²) in [4.78, 5) is 16.1. The molecule has 1 aromatic carbocycles. The molecule has 0 aliphatic carbocycles. The highest BCUT2D eigenvalue weighted by atomic mass is 32.2. The Bertz CT molecular complexity index is 543. The van der Waals surface area contributed by atoms with Gasteiger partial charge in [0.2, 0.25) is 0 Å². The number of thioether (sulfide) groups is 1. The molecule has 0 saturated heterocycles. The average Bonchev–Trinajstić information content (AvgIpc) is 2.46. The first-order valence-corrected chi connectivity index (χ1v) is 7.44. The number of carbonyl (C=O) groups is 1. The maximum atomic E-state index is 12.0.